The Morgan fingerprint density at radius 2 is 1.73 bits per heavy atom. The minimum atomic E-state index is -3.64. The van der Waals surface area contributed by atoms with Gasteiger partial charge >= 0.3 is 11.9 Å². The molecule has 0 aliphatic carbocycles. The normalized spacial score (nSPS) is 11.4. The highest BCUT2D eigenvalue weighted by molar-refractivity contribution is 7.89. The molecule has 0 saturated heterocycles. The third-order valence-corrected chi connectivity index (χ3v) is 4.00. The van der Waals surface area contributed by atoms with Crippen LogP contribution in [0.3, 0.4) is 0 Å². The van der Waals surface area contributed by atoms with Crippen LogP contribution in [0.2, 0.25) is 0 Å². The van der Waals surface area contributed by atoms with Crippen LogP contribution in [0.4, 0.5) is 0 Å². The van der Waals surface area contributed by atoms with Crippen LogP contribution >= 0.6 is 0 Å². The fourth-order valence-electron chi connectivity index (χ4n) is 1.38. The van der Waals surface area contributed by atoms with Gasteiger partial charge in [-0.15, -0.1) is 0 Å². The Morgan fingerprint density at radius 3 is 2.32 bits per heavy atom. The zero-order valence-electron chi connectivity index (χ0n) is 12.2. The van der Waals surface area contributed by atoms with Crippen molar-refractivity contribution < 1.29 is 27.5 Å². The first-order valence-electron chi connectivity index (χ1n) is 6.34. The summed E-state index contributed by atoms with van der Waals surface area (Å²) in [6.45, 7) is 1.62. The van der Waals surface area contributed by atoms with Crippen LogP contribution in [-0.4, -0.2) is 40.6 Å². The third kappa shape index (κ3) is 6.06. The van der Waals surface area contributed by atoms with E-state index in [-0.39, 0.29) is 18.0 Å². The van der Waals surface area contributed by atoms with Crippen LogP contribution in [0.1, 0.15) is 5.56 Å². The summed E-state index contributed by atoms with van der Waals surface area (Å²) in [4.78, 5) is 22.1. The Labute approximate surface area is 129 Å². The summed E-state index contributed by atoms with van der Waals surface area (Å²) < 4.78 is 35.2. The third-order valence-electron chi connectivity index (χ3n) is 2.53. The van der Waals surface area contributed by atoms with E-state index in [1.807, 2.05) is 6.92 Å². The van der Waals surface area contributed by atoms with Crippen molar-refractivity contribution in [1.29, 1.82) is 0 Å². The van der Waals surface area contributed by atoms with Crippen LogP contribution in [0.25, 0.3) is 0 Å². The lowest BCUT2D eigenvalue weighted by atomic mass is 10.2. The molecule has 0 radical (unpaired) electrons. The maximum atomic E-state index is 11.9. The summed E-state index contributed by atoms with van der Waals surface area (Å²) >= 11 is 0. The molecule has 0 aliphatic heterocycles. The first-order chi connectivity index (χ1) is 10.3. The highest BCUT2D eigenvalue weighted by Crippen LogP contribution is 2.09. The Balaban J connectivity index is 2.40. The van der Waals surface area contributed by atoms with Gasteiger partial charge in [-0.05, 0) is 19.1 Å². The van der Waals surface area contributed by atoms with E-state index < -0.39 is 22.0 Å². The minimum Gasteiger partial charge on any atom is -0.466 e. The number of hydrogen-bond donors (Lipinski definition) is 1. The molecule has 7 nitrogen and oxygen atoms in total. The number of methoxy groups -OCH3 is 1. The van der Waals surface area contributed by atoms with Crippen LogP contribution in [0.15, 0.2) is 41.3 Å². The van der Waals surface area contributed by atoms with Gasteiger partial charge in [0.25, 0.3) is 0 Å². The molecule has 0 atom stereocenters. The Kier molecular flexibility index (Phi) is 6.74. The molecular formula is C14H17NO6S. The summed E-state index contributed by atoms with van der Waals surface area (Å²) in [6.07, 6.45) is 1.82. The zero-order chi connectivity index (χ0) is 16.6. The van der Waals surface area contributed by atoms with E-state index in [2.05, 4.69) is 9.46 Å². The summed E-state index contributed by atoms with van der Waals surface area (Å²) in [5.74, 6) is -1.45. The molecule has 1 rings (SSSR count). The molecule has 0 bridgehead atoms. The number of rotatable bonds is 7. The number of carbonyl (C=O) groups is 2. The molecule has 0 spiro atoms. The predicted molar refractivity (Wildman–Crippen MR) is 78.5 cm³/mol. The zero-order valence-corrected chi connectivity index (χ0v) is 13.1. The van der Waals surface area contributed by atoms with Crippen LogP contribution < -0.4 is 4.72 Å². The second kappa shape index (κ2) is 8.30. The minimum absolute atomic E-state index is 0.0754. The molecular weight excluding hydrogens is 310 g/mol. The maximum absolute atomic E-state index is 11.9. The number of ether oxygens (including phenoxy) is 2. The molecule has 1 aromatic carbocycles. The average molecular weight is 327 g/mol. The Morgan fingerprint density at radius 1 is 1.14 bits per heavy atom. The average Bonchev–Trinajstić information content (AvgIpc) is 2.49. The number of esters is 2. The maximum Gasteiger partial charge on any atom is 0.331 e. The van der Waals surface area contributed by atoms with E-state index >= 15 is 0 Å². The molecule has 1 aromatic rings. The Hall–Kier alpha value is -2.19. The van der Waals surface area contributed by atoms with Gasteiger partial charge in [-0.3, -0.25) is 0 Å². The molecule has 0 unspecified atom stereocenters. The second-order valence-electron chi connectivity index (χ2n) is 4.23. The molecule has 0 saturated carbocycles. The van der Waals surface area contributed by atoms with Crippen LogP contribution in [0, 0.1) is 6.92 Å². The lowest BCUT2D eigenvalue weighted by Gasteiger charge is -2.07. The van der Waals surface area contributed by atoms with E-state index in [0.717, 1.165) is 17.7 Å². The van der Waals surface area contributed by atoms with Crippen molar-refractivity contribution in [1.82, 2.24) is 4.72 Å². The SMILES string of the molecule is COC(=O)/C=C/C(=O)OCCNS(=O)(=O)c1ccc(C)cc1. The number of nitrogens with one attached hydrogen (secondary N) is 1. The van der Waals surface area contributed by atoms with Crippen molar-refractivity contribution in [3.05, 3.63) is 42.0 Å². The number of aryl methyl sites for hydroxylation is 1. The predicted octanol–water partition coefficient (Wildman–Crippen LogP) is 0.546. The molecule has 0 fully saturated rings. The topological polar surface area (TPSA) is 98.8 Å². The quantitative estimate of drug-likeness (QED) is 0.446. The molecule has 0 heterocycles. The second-order valence-corrected chi connectivity index (χ2v) is 6.00. The first kappa shape index (κ1) is 17.9. The van der Waals surface area contributed by atoms with Gasteiger partial charge in [0.05, 0.1) is 12.0 Å². The summed E-state index contributed by atoms with van der Waals surface area (Å²) in [7, 11) is -2.46. The molecule has 0 aromatic heterocycles. The van der Waals surface area contributed by atoms with Gasteiger partial charge < -0.3 is 9.47 Å². The summed E-state index contributed by atoms with van der Waals surface area (Å²) in [5.41, 5.74) is 0.949. The monoisotopic (exact) mass is 327 g/mol. The number of hydrogen-bond acceptors (Lipinski definition) is 6. The number of sulfonamides is 1. The van der Waals surface area contributed by atoms with Gasteiger partial charge in [-0.2, -0.15) is 0 Å². The van der Waals surface area contributed by atoms with Gasteiger partial charge in [0.2, 0.25) is 10.0 Å². The van der Waals surface area contributed by atoms with Crippen molar-refractivity contribution in [3.8, 4) is 0 Å². The van der Waals surface area contributed by atoms with Gasteiger partial charge in [-0.1, -0.05) is 17.7 Å². The van der Waals surface area contributed by atoms with Crippen molar-refractivity contribution in [2.24, 2.45) is 0 Å². The van der Waals surface area contributed by atoms with Crippen molar-refractivity contribution in [3.63, 3.8) is 0 Å². The van der Waals surface area contributed by atoms with E-state index in [4.69, 9.17) is 4.74 Å². The van der Waals surface area contributed by atoms with E-state index in [9.17, 15) is 18.0 Å². The lowest BCUT2D eigenvalue weighted by molar-refractivity contribution is -0.139. The van der Waals surface area contributed by atoms with Gasteiger partial charge in [0.15, 0.2) is 0 Å². The van der Waals surface area contributed by atoms with Crippen molar-refractivity contribution in [2.45, 2.75) is 11.8 Å². The molecule has 1 N–H and O–H groups in total. The van der Waals surface area contributed by atoms with E-state index in [1.165, 1.54) is 19.2 Å². The number of carbonyl (C=O) groups excluding carboxylic acids is 2. The molecule has 0 amide bonds. The lowest BCUT2D eigenvalue weighted by Crippen LogP contribution is -2.28. The highest BCUT2D eigenvalue weighted by atomic mass is 32.2. The summed E-state index contributed by atoms with van der Waals surface area (Å²) in [5, 5.41) is 0. The molecule has 120 valence electrons. The molecule has 22 heavy (non-hydrogen) atoms. The molecule has 8 heteroatoms. The smallest absolute Gasteiger partial charge is 0.331 e. The van der Waals surface area contributed by atoms with E-state index in [1.54, 1.807) is 12.1 Å². The highest BCUT2D eigenvalue weighted by Gasteiger charge is 2.12. The van der Waals surface area contributed by atoms with Gasteiger partial charge in [0.1, 0.15) is 6.61 Å². The molecule has 0 aliphatic rings. The van der Waals surface area contributed by atoms with Crippen LogP contribution in [-0.2, 0) is 29.1 Å². The first-order valence-corrected chi connectivity index (χ1v) is 7.82. The van der Waals surface area contributed by atoms with Gasteiger partial charge in [0, 0.05) is 18.7 Å². The van der Waals surface area contributed by atoms with Crippen molar-refractivity contribution in [2.75, 3.05) is 20.3 Å². The number of benzene rings is 1. The van der Waals surface area contributed by atoms with Crippen molar-refractivity contribution >= 4 is 22.0 Å². The standard InChI is InChI=1S/C14H17NO6S/c1-11-3-5-12(6-4-11)22(18,19)15-9-10-21-14(17)8-7-13(16)20-2/h3-8,15H,9-10H2,1-2H3/b8-7+. The Bertz CT molecular complexity index is 648. The fourth-order valence-corrected chi connectivity index (χ4v) is 2.39. The van der Waals surface area contributed by atoms with Gasteiger partial charge in [-0.25, -0.2) is 22.7 Å². The van der Waals surface area contributed by atoms with Crippen LogP contribution in [0.5, 0.6) is 0 Å². The van der Waals surface area contributed by atoms with E-state index in [0.29, 0.717) is 0 Å². The largest absolute Gasteiger partial charge is 0.466 e. The fraction of sp³-hybridized carbons (Fsp3) is 0.286. The summed E-state index contributed by atoms with van der Waals surface area (Å²) in [6, 6.07) is 6.35.